The summed E-state index contributed by atoms with van der Waals surface area (Å²) in [7, 11) is 0. The Balaban J connectivity index is 1.71. The number of halogens is 2. The number of carbonyl (C=O) groups is 1. The van der Waals surface area contributed by atoms with Gasteiger partial charge in [0, 0.05) is 11.8 Å². The van der Waals surface area contributed by atoms with Gasteiger partial charge in [0.15, 0.2) is 11.0 Å². The van der Waals surface area contributed by atoms with Crippen molar-refractivity contribution in [3.8, 4) is 11.4 Å². The van der Waals surface area contributed by atoms with Gasteiger partial charge in [-0.05, 0) is 43.3 Å². The van der Waals surface area contributed by atoms with Gasteiger partial charge in [0.25, 0.3) is 0 Å². The molecule has 1 aromatic carbocycles. The Morgan fingerprint density at radius 1 is 1.31 bits per heavy atom. The summed E-state index contributed by atoms with van der Waals surface area (Å²) in [5.41, 5.74) is 1.04. The first-order valence-corrected chi connectivity index (χ1v) is 8.76. The van der Waals surface area contributed by atoms with Crippen molar-refractivity contribution in [2.45, 2.75) is 17.3 Å². The van der Waals surface area contributed by atoms with Gasteiger partial charge >= 0.3 is 0 Å². The number of hydrogen-bond donors (Lipinski definition) is 2. The number of nitrogens with two attached hydrogens (primary N) is 1. The summed E-state index contributed by atoms with van der Waals surface area (Å²) in [6.45, 7) is 1.70. The SMILES string of the molecule is C[C@@H](Sc1nnc(-c2ccc(F)cc2)n1N)C(=O)Nc1cccnc1Cl. The zero-order valence-corrected chi connectivity index (χ0v) is 15.1. The monoisotopic (exact) mass is 392 g/mol. The van der Waals surface area contributed by atoms with Crippen molar-refractivity contribution in [2.75, 3.05) is 11.2 Å². The highest BCUT2D eigenvalue weighted by molar-refractivity contribution is 8.00. The van der Waals surface area contributed by atoms with Gasteiger partial charge in [-0.3, -0.25) is 4.79 Å². The maximum Gasteiger partial charge on any atom is 0.237 e. The van der Waals surface area contributed by atoms with Crippen molar-refractivity contribution < 1.29 is 9.18 Å². The van der Waals surface area contributed by atoms with Crippen molar-refractivity contribution in [3.05, 3.63) is 53.6 Å². The van der Waals surface area contributed by atoms with Crippen molar-refractivity contribution in [2.24, 2.45) is 0 Å². The van der Waals surface area contributed by atoms with Crippen molar-refractivity contribution in [1.29, 1.82) is 0 Å². The maximum absolute atomic E-state index is 13.0. The molecule has 0 aliphatic rings. The molecule has 0 spiro atoms. The number of nitrogen functional groups attached to an aromatic ring is 1. The molecule has 1 amide bonds. The van der Waals surface area contributed by atoms with Gasteiger partial charge in [-0.2, -0.15) is 0 Å². The number of aromatic nitrogens is 4. The van der Waals surface area contributed by atoms with Gasteiger partial charge in [0.2, 0.25) is 11.1 Å². The second-order valence-corrected chi connectivity index (χ2v) is 6.94. The van der Waals surface area contributed by atoms with Crippen LogP contribution in [-0.2, 0) is 4.79 Å². The molecular formula is C16H14ClFN6OS. The van der Waals surface area contributed by atoms with Gasteiger partial charge in [-0.1, -0.05) is 23.4 Å². The quantitative estimate of drug-likeness (QED) is 0.393. The van der Waals surface area contributed by atoms with Crippen LogP contribution in [-0.4, -0.2) is 31.0 Å². The van der Waals surface area contributed by atoms with Gasteiger partial charge in [0.05, 0.1) is 10.9 Å². The molecule has 0 saturated carbocycles. The molecule has 10 heteroatoms. The van der Waals surface area contributed by atoms with E-state index in [9.17, 15) is 9.18 Å². The van der Waals surface area contributed by atoms with E-state index in [1.54, 1.807) is 31.2 Å². The van der Waals surface area contributed by atoms with Gasteiger partial charge < -0.3 is 11.2 Å². The Kier molecular flexibility index (Phi) is 5.38. The number of anilines is 1. The molecule has 0 aliphatic carbocycles. The summed E-state index contributed by atoms with van der Waals surface area (Å²) in [4.78, 5) is 16.2. The van der Waals surface area contributed by atoms with Crippen LogP contribution in [0, 0.1) is 5.82 Å². The fraction of sp³-hybridized carbons (Fsp3) is 0.125. The second-order valence-electron chi connectivity index (χ2n) is 5.27. The molecule has 26 heavy (non-hydrogen) atoms. The Morgan fingerprint density at radius 2 is 2.04 bits per heavy atom. The first-order chi connectivity index (χ1) is 12.5. The van der Waals surface area contributed by atoms with Crippen LogP contribution in [0.15, 0.2) is 47.8 Å². The molecule has 7 nitrogen and oxygen atoms in total. The van der Waals surface area contributed by atoms with Crippen LogP contribution in [0.2, 0.25) is 5.15 Å². The minimum absolute atomic E-state index is 0.207. The third kappa shape index (κ3) is 3.94. The molecule has 134 valence electrons. The minimum atomic E-state index is -0.515. The van der Waals surface area contributed by atoms with Gasteiger partial charge in [-0.25, -0.2) is 14.1 Å². The molecule has 0 saturated heterocycles. The van der Waals surface area contributed by atoms with Crippen molar-refractivity contribution >= 4 is 35.0 Å². The van der Waals surface area contributed by atoms with E-state index in [2.05, 4.69) is 20.5 Å². The second kappa shape index (κ2) is 7.71. The highest BCUT2D eigenvalue weighted by atomic mass is 35.5. The van der Waals surface area contributed by atoms with Crippen LogP contribution in [0.3, 0.4) is 0 Å². The zero-order chi connectivity index (χ0) is 18.7. The number of thioether (sulfide) groups is 1. The van der Waals surface area contributed by atoms with E-state index in [1.165, 1.54) is 23.0 Å². The van der Waals surface area contributed by atoms with Crippen LogP contribution in [0.1, 0.15) is 6.92 Å². The average molecular weight is 393 g/mol. The summed E-state index contributed by atoms with van der Waals surface area (Å²) < 4.78 is 14.3. The van der Waals surface area contributed by atoms with E-state index in [0.29, 0.717) is 22.2 Å². The highest BCUT2D eigenvalue weighted by Gasteiger charge is 2.20. The lowest BCUT2D eigenvalue weighted by Crippen LogP contribution is -2.24. The third-order valence-corrected chi connectivity index (χ3v) is 4.79. The first-order valence-electron chi connectivity index (χ1n) is 7.50. The lowest BCUT2D eigenvalue weighted by atomic mass is 10.2. The summed E-state index contributed by atoms with van der Waals surface area (Å²) >= 11 is 7.07. The molecule has 0 bridgehead atoms. The number of nitrogens with zero attached hydrogens (tertiary/aromatic N) is 4. The van der Waals surface area contributed by atoms with Crippen molar-refractivity contribution in [1.82, 2.24) is 19.9 Å². The number of amides is 1. The molecule has 0 unspecified atom stereocenters. The summed E-state index contributed by atoms with van der Waals surface area (Å²) in [5, 5.41) is 10.8. The largest absolute Gasteiger partial charge is 0.335 e. The maximum atomic E-state index is 13.0. The lowest BCUT2D eigenvalue weighted by molar-refractivity contribution is -0.115. The summed E-state index contributed by atoms with van der Waals surface area (Å²) in [6.07, 6.45) is 1.53. The van der Waals surface area contributed by atoms with Gasteiger partial charge in [-0.15, -0.1) is 10.2 Å². The van der Waals surface area contributed by atoms with Crippen LogP contribution in [0.25, 0.3) is 11.4 Å². The summed E-state index contributed by atoms with van der Waals surface area (Å²) in [6, 6.07) is 9.05. The summed E-state index contributed by atoms with van der Waals surface area (Å²) in [5.74, 6) is 5.75. The average Bonchev–Trinajstić information content (AvgIpc) is 2.98. The normalized spacial score (nSPS) is 12.0. The van der Waals surface area contributed by atoms with Crippen LogP contribution in [0.5, 0.6) is 0 Å². The Hall–Kier alpha value is -2.65. The Labute approximate surface area is 157 Å². The predicted molar refractivity (Wildman–Crippen MR) is 98.8 cm³/mol. The zero-order valence-electron chi connectivity index (χ0n) is 13.6. The molecular weight excluding hydrogens is 379 g/mol. The third-order valence-electron chi connectivity index (χ3n) is 3.44. The predicted octanol–water partition coefficient (Wildman–Crippen LogP) is 2.97. The van der Waals surface area contributed by atoms with E-state index >= 15 is 0 Å². The number of pyridine rings is 1. The standard InChI is InChI=1S/C16H14ClFN6OS/c1-9(15(25)21-12-3-2-8-20-13(12)17)26-16-23-22-14(24(16)19)10-4-6-11(18)7-5-10/h2-9H,19H2,1H3,(H,21,25)/t9-/m1/s1. The van der Waals surface area contributed by atoms with E-state index in [1.807, 2.05) is 0 Å². The molecule has 1 atom stereocenters. The first kappa shape index (κ1) is 18.2. The highest BCUT2D eigenvalue weighted by Crippen LogP contribution is 2.26. The Bertz CT molecular complexity index is 933. The fourth-order valence-electron chi connectivity index (χ4n) is 2.08. The molecule has 3 rings (SSSR count). The van der Waals surface area contributed by atoms with Crippen LogP contribution >= 0.6 is 23.4 Å². The fourth-order valence-corrected chi connectivity index (χ4v) is 3.02. The van der Waals surface area contributed by atoms with Gasteiger partial charge in [0.1, 0.15) is 5.82 Å². The van der Waals surface area contributed by atoms with E-state index in [0.717, 1.165) is 11.8 Å². The molecule has 0 fully saturated rings. The number of carbonyl (C=O) groups excluding carboxylic acids is 1. The minimum Gasteiger partial charge on any atom is -0.335 e. The molecule has 0 radical (unpaired) electrons. The topological polar surface area (TPSA) is 98.7 Å². The Morgan fingerprint density at radius 3 is 2.73 bits per heavy atom. The lowest BCUT2D eigenvalue weighted by Gasteiger charge is -2.12. The van der Waals surface area contributed by atoms with E-state index in [4.69, 9.17) is 17.4 Å². The molecule has 3 aromatic rings. The van der Waals surface area contributed by atoms with E-state index < -0.39 is 5.25 Å². The number of hydrogen-bond acceptors (Lipinski definition) is 6. The molecule has 2 heterocycles. The van der Waals surface area contributed by atoms with Crippen LogP contribution < -0.4 is 11.2 Å². The molecule has 2 aromatic heterocycles. The smallest absolute Gasteiger partial charge is 0.237 e. The number of nitrogens with one attached hydrogen (secondary N) is 1. The van der Waals surface area contributed by atoms with Crippen molar-refractivity contribution in [3.63, 3.8) is 0 Å². The molecule has 3 N–H and O–H groups in total. The number of rotatable bonds is 5. The van der Waals surface area contributed by atoms with E-state index in [-0.39, 0.29) is 16.9 Å². The molecule has 0 aliphatic heterocycles. The number of benzene rings is 1. The van der Waals surface area contributed by atoms with Crippen LogP contribution in [0.4, 0.5) is 10.1 Å².